The van der Waals surface area contributed by atoms with Gasteiger partial charge in [-0.2, -0.15) is 0 Å². The van der Waals surface area contributed by atoms with Crippen molar-refractivity contribution in [1.29, 1.82) is 0 Å². The molecule has 2 aliphatic heterocycles. The second kappa shape index (κ2) is 13.7. The zero-order chi connectivity index (χ0) is 34.1. The molecular formula is C35H32FNO11. The highest BCUT2D eigenvalue weighted by molar-refractivity contribution is 6.05. The van der Waals surface area contributed by atoms with E-state index in [4.69, 9.17) is 14.2 Å². The number of aliphatic hydroxyl groups is 4. The van der Waals surface area contributed by atoms with E-state index in [0.717, 1.165) is 0 Å². The third kappa shape index (κ3) is 6.47. The Morgan fingerprint density at radius 3 is 2.27 bits per heavy atom. The molecule has 8 atom stereocenters. The predicted octanol–water partition coefficient (Wildman–Crippen LogP) is 2.68. The average Bonchev–Trinajstić information content (AvgIpc) is 3.08. The fourth-order valence-corrected chi connectivity index (χ4v) is 5.79. The third-order valence-corrected chi connectivity index (χ3v) is 8.35. The fourth-order valence-electron chi connectivity index (χ4n) is 5.79. The van der Waals surface area contributed by atoms with Gasteiger partial charge in [-0.15, -0.1) is 0 Å². The molecular weight excluding hydrogens is 629 g/mol. The lowest BCUT2D eigenvalue weighted by molar-refractivity contribution is -0.271. The smallest absolute Gasteiger partial charge is 0.335 e. The molecule has 48 heavy (non-hydrogen) atoms. The lowest BCUT2D eigenvalue weighted by Gasteiger charge is -2.47. The van der Waals surface area contributed by atoms with E-state index >= 15 is 0 Å². The molecule has 6 N–H and O–H groups in total. The van der Waals surface area contributed by atoms with E-state index < -0.39 is 60.7 Å². The van der Waals surface area contributed by atoms with E-state index in [2.05, 4.69) is 0 Å². The lowest BCUT2D eigenvalue weighted by Crippen LogP contribution is -2.61. The van der Waals surface area contributed by atoms with Crippen LogP contribution in [0.25, 0.3) is 11.1 Å². The Morgan fingerprint density at radius 2 is 1.58 bits per heavy atom. The first kappa shape index (κ1) is 33.0. The van der Waals surface area contributed by atoms with Crippen molar-refractivity contribution >= 4 is 17.6 Å². The van der Waals surface area contributed by atoms with Crippen molar-refractivity contribution in [1.82, 2.24) is 0 Å². The summed E-state index contributed by atoms with van der Waals surface area (Å²) >= 11 is 0. The minimum atomic E-state index is -1.86. The number of carbonyl (C=O) groups is 2. The number of benzene rings is 4. The molecule has 2 aliphatic rings. The van der Waals surface area contributed by atoms with Gasteiger partial charge in [0.15, 0.2) is 12.2 Å². The van der Waals surface area contributed by atoms with Gasteiger partial charge in [-0.25, -0.2) is 9.18 Å². The lowest BCUT2D eigenvalue weighted by atomic mass is 9.88. The molecule has 4 aromatic carbocycles. The van der Waals surface area contributed by atoms with E-state index in [0.29, 0.717) is 27.9 Å². The van der Waals surface area contributed by atoms with Crippen LogP contribution in [0, 0.1) is 5.82 Å². The van der Waals surface area contributed by atoms with Crippen LogP contribution in [0.4, 0.5) is 10.1 Å². The van der Waals surface area contributed by atoms with E-state index in [1.165, 1.54) is 41.3 Å². The van der Waals surface area contributed by atoms with Gasteiger partial charge >= 0.3 is 5.97 Å². The van der Waals surface area contributed by atoms with Gasteiger partial charge in [0.25, 0.3) is 5.91 Å². The Bertz CT molecular complexity index is 1770. The number of amides is 1. The van der Waals surface area contributed by atoms with Crippen molar-refractivity contribution in [3.05, 3.63) is 114 Å². The quantitative estimate of drug-likeness (QED) is 0.137. The number of hydrogen-bond donors (Lipinski definition) is 6. The number of aliphatic carboxylic acids is 1. The summed E-state index contributed by atoms with van der Waals surface area (Å²) in [4.78, 5) is 26.3. The Balaban J connectivity index is 1.23. The predicted molar refractivity (Wildman–Crippen MR) is 166 cm³/mol. The molecule has 0 radical (unpaired) electrons. The maximum Gasteiger partial charge on any atom is 0.335 e. The van der Waals surface area contributed by atoms with Crippen molar-refractivity contribution in [3.63, 3.8) is 0 Å². The van der Waals surface area contributed by atoms with Crippen LogP contribution >= 0.6 is 0 Å². The second-order valence-corrected chi connectivity index (χ2v) is 11.5. The number of aliphatic hydroxyl groups excluding tert-OH is 4. The van der Waals surface area contributed by atoms with Gasteiger partial charge in [0.1, 0.15) is 47.8 Å². The van der Waals surface area contributed by atoms with Crippen LogP contribution in [-0.4, -0.2) is 85.9 Å². The van der Waals surface area contributed by atoms with Crippen LogP contribution in [0.15, 0.2) is 97.1 Å². The van der Waals surface area contributed by atoms with Crippen molar-refractivity contribution in [2.45, 2.75) is 49.0 Å². The maximum atomic E-state index is 13.3. The van der Waals surface area contributed by atoms with Gasteiger partial charge < -0.3 is 44.8 Å². The molecule has 0 saturated carbocycles. The minimum Gasteiger partial charge on any atom is -0.508 e. The van der Waals surface area contributed by atoms with Crippen molar-refractivity contribution in [2.75, 3.05) is 11.5 Å². The summed E-state index contributed by atoms with van der Waals surface area (Å²) in [5, 5.41) is 61.6. The number of anilines is 1. The van der Waals surface area contributed by atoms with Gasteiger partial charge in [0.2, 0.25) is 6.29 Å². The number of rotatable bonds is 10. The molecule has 2 saturated heterocycles. The fraction of sp³-hybridized carbons (Fsp3) is 0.257. The molecule has 12 nitrogen and oxygen atoms in total. The number of β-lactam (4-membered cyclic amide) rings is 1. The Labute approximate surface area is 273 Å². The first-order valence-electron chi connectivity index (χ1n) is 15.0. The molecule has 6 rings (SSSR count). The number of aromatic hydroxyl groups is 1. The number of phenolic OH excluding ortho intramolecular Hbond substituents is 1. The van der Waals surface area contributed by atoms with E-state index in [1.54, 1.807) is 60.7 Å². The minimum absolute atomic E-state index is 0.140. The van der Waals surface area contributed by atoms with E-state index in [1.807, 2.05) is 0 Å². The average molecular weight is 662 g/mol. The molecule has 2 fully saturated rings. The zero-order valence-electron chi connectivity index (χ0n) is 25.1. The summed E-state index contributed by atoms with van der Waals surface area (Å²) in [5.41, 5.74) is 2.45. The summed E-state index contributed by atoms with van der Waals surface area (Å²) < 4.78 is 30.1. The first-order valence-corrected chi connectivity index (χ1v) is 15.0. The van der Waals surface area contributed by atoms with Gasteiger partial charge in [-0.1, -0.05) is 54.6 Å². The van der Waals surface area contributed by atoms with Crippen LogP contribution in [0.1, 0.15) is 23.3 Å². The number of carboxylic acids is 1. The SMILES string of the molecule is O=C(O)C1O[C@@H](Oc2cccc(-c3ccc([C@@H]4[C@@H](OC[C@H](O)c5ccc(F)cc5)C(=O)N4c4ccccc4)c(O)c3)c2)C(O)[C@@H](O)C1O. The summed E-state index contributed by atoms with van der Waals surface area (Å²) in [7, 11) is 0. The molecule has 1 amide bonds. The number of hydrogen-bond acceptors (Lipinski definition) is 10. The molecule has 3 unspecified atom stereocenters. The van der Waals surface area contributed by atoms with Crippen molar-refractivity contribution in [3.8, 4) is 22.6 Å². The number of carbonyl (C=O) groups excluding carboxylic acids is 1. The molecule has 4 aromatic rings. The number of ether oxygens (including phenoxy) is 3. The van der Waals surface area contributed by atoms with E-state index in [9.17, 15) is 44.6 Å². The van der Waals surface area contributed by atoms with Gasteiger partial charge in [-0.3, -0.25) is 9.69 Å². The number of carboxylic acid groups (broad SMARTS) is 1. The Hall–Kier alpha value is -4.89. The molecule has 0 spiro atoms. The highest BCUT2D eigenvalue weighted by Gasteiger charge is 2.51. The normalized spacial score (nSPS) is 26.1. The van der Waals surface area contributed by atoms with Crippen LogP contribution in [0.3, 0.4) is 0 Å². The van der Waals surface area contributed by atoms with Crippen LogP contribution in [0.2, 0.25) is 0 Å². The molecule has 0 aromatic heterocycles. The van der Waals surface area contributed by atoms with Gasteiger partial charge in [0, 0.05) is 11.3 Å². The molecule has 13 heteroatoms. The molecule has 0 bridgehead atoms. The molecule has 2 heterocycles. The van der Waals surface area contributed by atoms with Crippen LogP contribution in [0.5, 0.6) is 11.5 Å². The molecule has 250 valence electrons. The van der Waals surface area contributed by atoms with Crippen LogP contribution < -0.4 is 9.64 Å². The zero-order valence-corrected chi connectivity index (χ0v) is 25.1. The van der Waals surface area contributed by atoms with Crippen LogP contribution in [-0.2, 0) is 19.1 Å². The monoisotopic (exact) mass is 661 g/mol. The number of nitrogens with zero attached hydrogens (tertiary/aromatic N) is 1. The van der Waals surface area contributed by atoms with Gasteiger partial charge in [-0.05, 0) is 59.2 Å². The van der Waals surface area contributed by atoms with Gasteiger partial charge in [0.05, 0.1) is 6.61 Å². The Morgan fingerprint density at radius 1 is 0.875 bits per heavy atom. The largest absolute Gasteiger partial charge is 0.508 e. The Kier molecular flexibility index (Phi) is 9.42. The standard InChI is InChI=1S/C35H32FNO11/c36-21-12-9-18(10-13-21)26(39)17-46-31-27(37(33(31)43)22-6-2-1-3-7-22)24-14-11-20(16-25(24)38)19-5-4-8-23(15-19)47-35-30(42)28(40)29(41)32(48-35)34(44)45/h1-16,26-32,35,38-42H,17H2,(H,44,45)/t26-,27+,28-,29?,30?,31+,32?,35+/m0/s1. The summed E-state index contributed by atoms with van der Waals surface area (Å²) in [6, 6.07) is 24.6. The summed E-state index contributed by atoms with van der Waals surface area (Å²) in [6.07, 6.45) is -11.0. The topological polar surface area (TPSA) is 186 Å². The highest BCUT2D eigenvalue weighted by atomic mass is 19.1. The van der Waals surface area contributed by atoms with Crippen molar-refractivity contribution < 1.29 is 58.8 Å². The third-order valence-electron chi connectivity index (χ3n) is 8.35. The number of halogens is 1. The number of phenols is 1. The van der Waals surface area contributed by atoms with Crippen molar-refractivity contribution in [2.24, 2.45) is 0 Å². The number of para-hydroxylation sites is 1. The summed E-state index contributed by atoms with van der Waals surface area (Å²) in [5.74, 6) is -2.38. The molecule has 0 aliphatic carbocycles. The highest BCUT2D eigenvalue weighted by Crippen LogP contribution is 2.45. The van der Waals surface area contributed by atoms with E-state index in [-0.39, 0.29) is 24.0 Å². The first-order chi connectivity index (χ1) is 23.0. The second-order valence-electron chi connectivity index (χ2n) is 11.5. The maximum absolute atomic E-state index is 13.3. The summed E-state index contributed by atoms with van der Waals surface area (Å²) in [6.45, 7) is -0.255.